The van der Waals surface area contributed by atoms with Crippen molar-refractivity contribution < 1.29 is 14.3 Å². The lowest BCUT2D eigenvalue weighted by atomic mass is 9.89. The molecule has 2 heterocycles. The van der Waals surface area contributed by atoms with E-state index >= 15 is 0 Å². The molecule has 0 radical (unpaired) electrons. The smallest absolute Gasteiger partial charge is 0.261 e. The second-order valence-corrected chi connectivity index (χ2v) is 7.34. The highest BCUT2D eigenvalue weighted by Crippen LogP contribution is 2.37. The molecule has 2 aliphatic rings. The Bertz CT molecular complexity index is 810. The topological polar surface area (TPSA) is 46.6 Å². The number of carbonyl (C=O) groups is 2. The van der Waals surface area contributed by atoms with E-state index in [0.29, 0.717) is 29.5 Å². The van der Waals surface area contributed by atoms with Gasteiger partial charge in [-0.1, -0.05) is 37.3 Å². The lowest BCUT2D eigenvalue weighted by Gasteiger charge is -2.18. The molecular weight excluding hydrogens is 326 g/mol. The van der Waals surface area contributed by atoms with Crippen molar-refractivity contribution in [1.29, 1.82) is 0 Å². The van der Waals surface area contributed by atoms with Crippen LogP contribution in [0.15, 0.2) is 48.5 Å². The number of benzene rings is 2. The van der Waals surface area contributed by atoms with E-state index in [1.807, 2.05) is 12.1 Å². The molecule has 2 aliphatic heterocycles. The molecule has 4 heteroatoms. The third kappa shape index (κ3) is 3.00. The normalized spacial score (nSPS) is 19.3. The number of hydrogen-bond acceptors (Lipinski definition) is 3. The highest BCUT2D eigenvalue weighted by molar-refractivity contribution is 6.21. The highest BCUT2D eigenvalue weighted by atomic mass is 16.5. The molecule has 134 valence electrons. The van der Waals surface area contributed by atoms with Crippen LogP contribution in [0.3, 0.4) is 0 Å². The molecule has 0 N–H and O–H groups in total. The Labute approximate surface area is 153 Å². The van der Waals surface area contributed by atoms with Gasteiger partial charge in [-0.3, -0.25) is 14.5 Å². The predicted molar refractivity (Wildman–Crippen MR) is 99.5 cm³/mol. The molecule has 0 saturated heterocycles. The first-order valence-corrected chi connectivity index (χ1v) is 9.32. The van der Waals surface area contributed by atoms with Crippen LogP contribution in [-0.2, 0) is 0 Å². The fourth-order valence-electron chi connectivity index (χ4n) is 4.07. The Hall–Kier alpha value is -2.62. The van der Waals surface area contributed by atoms with Crippen molar-refractivity contribution in [2.24, 2.45) is 5.92 Å². The van der Waals surface area contributed by atoms with Gasteiger partial charge in [0.15, 0.2) is 0 Å². The Kier molecular flexibility index (Phi) is 4.49. The summed E-state index contributed by atoms with van der Waals surface area (Å²) in [5.74, 6) is 1.66. The molecule has 2 aromatic rings. The van der Waals surface area contributed by atoms with Crippen LogP contribution in [0.1, 0.15) is 58.4 Å². The molecule has 4 rings (SSSR count). The lowest BCUT2D eigenvalue weighted by Crippen LogP contribution is -2.30. The van der Waals surface area contributed by atoms with Crippen LogP contribution in [0.4, 0.5) is 0 Å². The van der Waals surface area contributed by atoms with E-state index < -0.39 is 0 Å². The summed E-state index contributed by atoms with van der Waals surface area (Å²) in [6.07, 6.45) is 2.90. The van der Waals surface area contributed by atoms with Gasteiger partial charge in [0.05, 0.1) is 17.7 Å². The first-order valence-electron chi connectivity index (χ1n) is 9.32. The predicted octanol–water partition coefficient (Wildman–Crippen LogP) is 4.27. The van der Waals surface area contributed by atoms with Crippen LogP contribution in [0.5, 0.6) is 5.75 Å². The highest BCUT2D eigenvalue weighted by Gasteiger charge is 2.34. The van der Waals surface area contributed by atoms with Crippen molar-refractivity contribution in [2.75, 3.05) is 13.2 Å². The maximum Gasteiger partial charge on any atom is 0.261 e. The van der Waals surface area contributed by atoms with Gasteiger partial charge in [0.25, 0.3) is 11.8 Å². The van der Waals surface area contributed by atoms with E-state index in [2.05, 4.69) is 19.1 Å². The van der Waals surface area contributed by atoms with E-state index in [0.717, 1.165) is 31.6 Å². The molecule has 0 fully saturated rings. The maximum atomic E-state index is 12.4. The number of para-hydroxylation sites is 1. The molecular formula is C22H23NO3. The molecule has 0 aliphatic carbocycles. The monoisotopic (exact) mass is 349 g/mol. The molecule has 0 unspecified atom stereocenters. The molecule has 0 aromatic heterocycles. The zero-order chi connectivity index (χ0) is 18.1. The van der Waals surface area contributed by atoms with Gasteiger partial charge in [-0.25, -0.2) is 0 Å². The summed E-state index contributed by atoms with van der Waals surface area (Å²) in [6.45, 7) is 3.49. The van der Waals surface area contributed by atoms with Crippen molar-refractivity contribution in [2.45, 2.75) is 32.1 Å². The number of ether oxygens (including phenoxy) is 1. The molecule has 4 nitrogen and oxygen atoms in total. The number of nitrogens with zero attached hydrogens (tertiary/aromatic N) is 1. The Morgan fingerprint density at radius 2 is 1.69 bits per heavy atom. The molecule has 0 saturated carbocycles. The average Bonchev–Trinajstić information content (AvgIpc) is 3.17. The number of imide groups is 1. The molecule has 2 amide bonds. The van der Waals surface area contributed by atoms with Gasteiger partial charge in [-0.05, 0) is 43.4 Å². The average molecular weight is 349 g/mol. The van der Waals surface area contributed by atoms with E-state index in [9.17, 15) is 9.59 Å². The molecule has 2 atom stereocenters. The Morgan fingerprint density at radius 1 is 1.04 bits per heavy atom. The second kappa shape index (κ2) is 6.94. The fraction of sp³-hybridized carbons (Fsp3) is 0.364. The number of carbonyl (C=O) groups excluding carboxylic acids is 2. The minimum absolute atomic E-state index is 0.156. The first kappa shape index (κ1) is 16.8. The summed E-state index contributed by atoms with van der Waals surface area (Å²) in [5, 5.41) is 0. The molecule has 2 aromatic carbocycles. The standard InChI is InChI=1S/C22H23NO3/c1-15(13-16-14-26-20-11-5-4-8-17(16)20)7-6-12-23-21(24)18-9-2-3-10-19(18)22(23)25/h2-5,8-11,15-16H,6-7,12-14H2,1H3/t15-,16-/m0/s1. The van der Waals surface area contributed by atoms with Gasteiger partial charge in [-0.15, -0.1) is 0 Å². The van der Waals surface area contributed by atoms with Gasteiger partial charge in [-0.2, -0.15) is 0 Å². The zero-order valence-electron chi connectivity index (χ0n) is 15.0. The van der Waals surface area contributed by atoms with E-state index in [4.69, 9.17) is 4.74 Å². The summed E-state index contributed by atoms with van der Waals surface area (Å²) in [5.41, 5.74) is 2.37. The zero-order valence-corrected chi connectivity index (χ0v) is 15.0. The van der Waals surface area contributed by atoms with Gasteiger partial charge in [0, 0.05) is 18.0 Å². The second-order valence-electron chi connectivity index (χ2n) is 7.34. The van der Waals surface area contributed by atoms with Crippen molar-refractivity contribution in [3.8, 4) is 5.75 Å². The third-order valence-corrected chi connectivity index (χ3v) is 5.44. The third-order valence-electron chi connectivity index (χ3n) is 5.44. The van der Waals surface area contributed by atoms with Crippen LogP contribution in [0.2, 0.25) is 0 Å². The van der Waals surface area contributed by atoms with Crippen molar-refractivity contribution in [3.05, 3.63) is 65.2 Å². The van der Waals surface area contributed by atoms with Crippen molar-refractivity contribution in [3.63, 3.8) is 0 Å². The largest absolute Gasteiger partial charge is 0.493 e. The lowest BCUT2D eigenvalue weighted by molar-refractivity contribution is 0.0649. The van der Waals surface area contributed by atoms with Crippen LogP contribution in [0.25, 0.3) is 0 Å². The van der Waals surface area contributed by atoms with Gasteiger partial charge in [0.2, 0.25) is 0 Å². The van der Waals surface area contributed by atoms with E-state index in [-0.39, 0.29) is 11.8 Å². The van der Waals surface area contributed by atoms with Gasteiger partial charge < -0.3 is 4.74 Å². The van der Waals surface area contributed by atoms with Crippen LogP contribution in [0, 0.1) is 5.92 Å². The number of amides is 2. The molecule has 0 bridgehead atoms. The summed E-state index contributed by atoms with van der Waals surface area (Å²) >= 11 is 0. The Morgan fingerprint density at radius 3 is 2.42 bits per heavy atom. The summed E-state index contributed by atoms with van der Waals surface area (Å²) in [7, 11) is 0. The van der Waals surface area contributed by atoms with Crippen molar-refractivity contribution in [1.82, 2.24) is 4.90 Å². The minimum atomic E-state index is -0.156. The van der Waals surface area contributed by atoms with Crippen LogP contribution >= 0.6 is 0 Å². The number of hydrogen-bond donors (Lipinski definition) is 0. The SMILES string of the molecule is C[C@@H](CCCN1C(=O)c2ccccc2C1=O)C[C@H]1COc2ccccc21. The fourth-order valence-corrected chi connectivity index (χ4v) is 4.07. The molecule has 0 spiro atoms. The Balaban J connectivity index is 1.29. The summed E-state index contributed by atoms with van der Waals surface area (Å²) in [6, 6.07) is 15.3. The minimum Gasteiger partial charge on any atom is -0.493 e. The van der Waals surface area contributed by atoms with E-state index in [1.54, 1.807) is 24.3 Å². The van der Waals surface area contributed by atoms with Gasteiger partial charge in [0.1, 0.15) is 5.75 Å². The maximum absolute atomic E-state index is 12.4. The number of rotatable bonds is 6. The summed E-state index contributed by atoms with van der Waals surface area (Å²) < 4.78 is 5.76. The molecule has 26 heavy (non-hydrogen) atoms. The van der Waals surface area contributed by atoms with Gasteiger partial charge >= 0.3 is 0 Å². The van der Waals surface area contributed by atoms with E-state index in [1.165, 1.54) is 10.5 Å². The van der Waals surface area contributed by atoms with Crippen molar-refractivity contribution >= 4 is 11.8 Å². The summed E-state index contributed by atoms with van der Waals surface area (Å²) in [4.78, 5) is 26.2. The number of fused-ring (bicyclic) bond motifs is 2. The van der Waals surface area contributed by atoms with Crippen LogP contribution in [-0.4, -0.2) is 29.9 Å². The quantitative estimate of drug-likeness (QED) is 0.732. The van der Waals surface area contributed by atoms with Crippen LogP contribution < -0.4 is 4.74 Å². The first-order chi connectivity index (χ1) is 12.6.